The summed E-state index contributed by atoms with van der Waals surface area (Å²) in [5, 5.41) is 3.77. The molecule has 28 heavy (non-hydrogen) atoms. The Bertz CT molecular complexity index is 1300. The van der Waals surface area contributed by atoms with Gasteiger partial charge in [-0.1, -0.05) is 0 Å². The average Bonchev–Trinajstić information content (AvgIpc) is 3.34. The smallest absolute Gasteiger partial charge is 0.178 e. The SMILES string of the molecule is Cc1nc(-c2cncc(F)c2)sc1-c1cc2sccc2c(-c2ncccn2)n1. The van der Waals surface area contributed by atoms with Crippen LogP contribution in [-0.2, 0) is 0 Å². The first-order valence-electron chi connectivity index (χ1n) is 8.43. The lowest BCUT2D eigenvalue weighted by molar-refractivity contribution is 0.622. The molecule has 5 nitrogen and oxygen atoms in total. The Kier molecular flexibility index (Phi) is 4.14. The Balaban J connectivity index is 1.68. The molecule has 0 aliphatic carbocycles. The lowest BCUT2D eigenvalue weighted by atomic mass is 10.2. The van der Waals surface area contributed by atoms with Gasteiger partial charge in [-0.2, -0.15) is 0 Å². The molecule has 0 N–H and O–H groups in total. The van der Waals surface area contributed by atoms with Gasteiger partial charge in [0.05, 0.1) is 22.5 Å². The van der Waals surface area contributed by atoms with Crippen LogP contribution in [0, 0.1) is 12.7 Å². The van der Waals surface area contributed by atoms with Gasteiger partial charge < -0.3 is 0 Å². The van der Waals surface area contributed by atoms with Gasteiger partial charge in [-0.15, -0.1) is 22.7 Å². The number of rotatable bonds is 3. The van der Waals surface area contributed by atoms with Crippen LogP contribution in [0.3, 0.4) is 0 Å². The van der Waals surface area contributed by atoms with Crippen LogP contribution in [0.25, 0.3) is 42.7 Å². The van der Waals surface area contributed by atoms with Crippen LogP contribution in [-0.4, -0.2) is 24.9 Å². The monoisotopic (exact) mass is 405 g/mol. The molecule has 5 heterocycles. The first kappa shape index (κ1) is 17.0. The van der Waals surface area contributed by atoms with E-state index in [0.29, 0.717) is 16.4 Å². The fourth-order valence-corrected chi connectivity index (χ4v) is 4.79. The van der Waals surface area contributed by atoms with Crippen molar-refractivity contribution < 1.29 is 4.39 Å². The summed E-state index contributed by atoms with van der Waals surface area (Å²) in [6.07, 6.45) is 6.22. The minimum atomic E-state index is -0.381. The summed E-state index contributed by atoms with van der Waals surface area (Å²) >= 11 is 3.12. The van der Waals surface area contributed by atoms with Crippen molar-refractivity contribution in [2.75, 3.05) is 0 Å². The first-order chi connectivity index (χ1) is 13.7. The number of fused-ring (bicyclic) bond motifs is 1. The zero-order valence-corrected chi connectivity index (χ0v) is 16.3. The highest BCUT2D eigenvalue weighted by Crippen LogP contribution is 2.38. The predicted molar refractivity (Wildman–Crippen MR) is 110 cm³/mol. The van der Waals surface area contributed by atoms with Crippen LogP contribution in [0.5, 0.6) is 0 Å². The summed E-state index contributed by atoms with van der Waals surface area (Å²) < 4.78 is 14.7. The van der Waals surface area contributed by atoms with E-state index in [9.17, 15) is 4.39 Å². The maximum absolute atomic E-state index is 13.6. The first-order valence-corrected chi connectivity index (χ1v) is 10.1. The maximum atomic E-state index is 13.6. The average molecular weight is 405 g/mol. The standard InChI is InChI=1S/C20H12FN5S2/c1-11-18(28-20(25-11)12-7-13(21)10-22-9-12)15-8-16-14(3-6-27-16)17(26-15)19-23-4-2-5-24-19/h2-10H,1H3. The molecule has 0 saturated carbocycles. The molecule has 0 atom stereocenters. The quantitative estimate of drug-likeness (QED) is 0.403. The van der Waals surface area contributed by atoms with Gasteiger partial charge in [0.25, 0.3) is 0 Å². The number of pyridine rings is 2. The van der Waals surface area contributed by atoms with Crippen molar-refractivity contribution >= 4 is 32.8 Å². The van der Waals surface area contributed by atoms with Gasteiger partial charge in [0.1, 0.15) is 16.5 Å². The number of halogens is 1. The molecule has 0 unspecified atom stereocenters. The Morgan fingerprint density at radius 2 is 1.89 bits per heavy atom. The van der Waals surface area contributed by atoms with Gasteiger partial charge in [0.2, 0.25) is 0 Å². The predicted octanol–water partition coefficient (Wildman–Crippen LogP) is 5.39. The molecule has 0 aliphatic heterocycles. The molecule has 0 fully saturated rings. The van der Waals surface area contributed by atoms with E-state index in [1.54, 1.807) is 36.0 Å². The van der Waals surface area contributed by atoms with E-state index >= 15 is 0 Å². The second-order valence-corrected chi connectivity index (χ2v) is 8.03. The molecule has 0 bridgehead atoms. The lowest BCUT2D eigenvalue weighted by Crippen LogP contribution is -1.93. The number of hydrogen-bond acceptors (Lipinski definition) is 7. The number of aryl methyl sites for hydroxylation is 1. The molecule has 5 aromatic rings. The zero-order valence-electron chi connectivity index (χ0n) is 14.6. The van der Waals surface area contributed by atoms with Crippen molar-refractivity contribution in [3.63, 3.8) is 0 Å². The molecule has 0 aliphatic rings. The minimum absolute atomic E-state index is 0.381. The van der Waals surface area contributed by atoms with Crippen LogP contribution >= 0.6 is 22.7 Å². The Labute approximate surface area is 167 Å². The molecule has 0 amide bonds. The zero-order chi connectivity index (χ0) is 19.1. The number of hydrogen-bond donors (Lipinski definition) is 0. The number of thiophene rings is 1. The van der Waals surface area contributed by atoms with E-state index in [1.807, 2.05) is 18.4 Å². The van der Waals surface area contributed by atoms with E-state index < -0.39 is 0 Å². The van der Waals surface area contributed by atoms with Crippen LogP contribution < -0.4 is 0 Å². The molecule has 5 rings (SSSR count). The van der Waals surface area contributed by atoms with Crippen molar-refractivity contribution in [3.05, 3.63) is 65.9 Å². The summed E-state index contributed by atoms with van der Waals surface area (Å²) in [5.41, 5.74) is 3.05. The Morgan fingerprint density at radius 1 is 1.04 bits per heavy atom. The molecule has 0 spiro atoms. The van der Waals surface area contributed by atoms with E-state index in [2.05, 4.69) is 26.0 Å². The fraction of sp³-hybridized carbons (Fsp3) is 0.0500. The molecule has 5 aromatic heterocycles. The third kappa shape index (κ3) is 2.96. The number of thiazole rings is 1. The highest BCUT2D eigenvalue weighted by Gasteiger charge is 2.17. The second kappa shape index (κ2) is 6.81. The normalized spacial score (nSPS) is 11.2. The fourth-order valence-electron chi connectivity index (χ4n) is 2.96. The van der Waals surface area contributed by atoms with Gasteiger partial charge in [-0.05, 0) is 36.6 Å². The van der Waals surface area contributed by atoms with Crippen molar-refractivity contribution in [1.82, 2.24) is 24.9 Å². The van der Waals surface area contributed by atoms with Crippen LogP contribution in [0.15, 0.2) is 54.4 Å². The highest BCUT2D eigenvalue weighted by molar-refractivity contribution is 7.19. The summed E-state index contributed by atoms with van der Waals surface area (Å²) in [7, 11) is 0. The van der Waals surface area contributed by atoms with E-state index in [0.717, 1.165) is 32.0 Å². The molecular formula is C20H12FN5S2. The number of aromatic nitrogens is 5. The highest BCUT2D eigenvalue weighted by atomic mass is 32.1. The van der Waals surface area contributed by atoms with Crippen molar-refractivity contribution in [3.8, 4) is 32.7 Å². The van der Waals surface area contributed by atoms with Crippen LogP contribution in [0.2, 0.25) is 0 Å². The summed E-state index contributed by atoms with van der Waals surface area (Å²) in [4.78, 5) is 23.1. The summed E-state index contributed by atoms with van der Waals surface area (Å²) in [6.45, 7) is 1.93. The molecule has 136 valence electrons. The van der Waals surface area contributed by atoms with Gasteiger partial charge in [0, 0.05) is 34.2 Å². The second-order valence-electron chi connectivity index (χ2n) is 6.09. The molecule has 8 heteroatoms. The van der Waals surface area contributed by atoms with Gasteiger partial charge in [0.15, 0.2) is 5.82 Å². The summed E-state index contributed by atoms with van der Waals surface area (Å²) in [5.74, 6) is 0.206. The minimum Gasteiger partial charge on any atom is -0.261 e. The summed E-state index contributed by atoms with van der Waals surface area (Å²) in [6, 6.07) is 7.31. The van der Waals surface area contributed by atoms with Gasteiger partial charge in [-0.3, -0.25) is 4.98 Å². The number of nitrogens with zero attached hydrogens (tertiary/aromatic N) is 5. The van der Waals surface area contributed by atoms with Crippen molar-refractivity contribution in [2.45, 2.75) is 6.92 Å². The lowest BCUT2D eigenvalue weighted by Gasteiger charge is -2.05. The Morgan fingerprint density at radius 3 is 2.71 bits per heavy atom. The van der Waals surface area contributed by atoms with E-state index in [4.69, 9.17) is 4.98 Å². The maximum Gasteiger partial charge on any atom is 0.178 e. The third-order valence-electron chi connectivity index (χ3n) is 4.21. The van der Waals surface area contributed by atoms with E-state index in [-0.39, 0.29) is 5.82 Å². The van der Waals surface area contributed by atoms with Gasteiger partial charge in [-0.25, -0.2) is 24.3 Å². The topological polar surface area (TPSA) is 64.5 Å². The van der Waals surface area contributed by atoms with Crippen LogP contribution in [0.1, 0.15) is 5.69 Å². The van der Waals surface area contributed by atoms with Crippen LogP contribution in [0.4, 0.5) is 4.39 Å². The Hall–Kier alpha value is -3.10. The molecule has 0 aromatic carbocycles. The van der Waals surface area contributed by atoms with Crippen molar-refractivity contribution in [2.24, 2.45) is 0 Å². The van der Waals surface area contributed by atoms with Crippen molar-refractivity contribution in [1.29, 1.82) is 0 Å². The largest absolute Gasteiger partial charge is 0.261 e. The third-order valence-corrected chi connectivity index (χ3v) is 6.30. The molecule has 0 radical (unpaired) electrons. The van der Waals surface area contributed by atoms with Gasteiger partial charge >= 0.3 is 0 Å². The molecular weight excluding hydrogens is 393 g/mol. The molecule has 0 saturated heterocycles. The van der Waals surface area contributed by atoms with E-state index in [1.165, 1.54) is 23.6 Å².